The van der Waals surface area contributed by atoms with Crippen molar-refractivity contribution in [3.63, 3.8) is 0 Å². The Morgan fingerprint density at radius 3 is 2.89 bits per heavy atom. The molecular formula is C12H14N2O5. The first-order valence-corrected chi connectivity index (χ1v) is 5.85. The van der Waals surface area contributed by atoms with Gasteiger partial charge in [0.2, 0.25) is 0 Å². The third-order valence-electron chi connectivity index (χ3n) is 3.12. The fraction of sp³-hybridized carbons (Fsp3) is 0.417. The number of aryl methyl sites for hydroxylation is 1. The molecule has 0 bridgehead atoms. The van der Waals surface area contributed by atoms with Gasteiger partial charge >= 0.3 is 11.7 Å². The van der Waals surface area contributed by atoms with Gasteiger partial charge in [-0.3, -0.25) is 14.9 Å². The number of hydrogen-bond donors (Lipinski definition) is 1. The van der Waals surface area contributed by atoms with Crippen molar-refractivity contribution < 1.29 is 19.6 Å². The van der Waals surface area contributed by atoms with E-state index in [4.69, 9.17) is 9.84 Å². The van der Waals surface area contributed by atoms with Gasteiger partial charge in [0.1, 0.15) is 6.54 Å². The van der Waals surface area contributed by atoms with E-state index in [0.717, 1.165) is 12.0 Å². The van der Waals surface area contributed by atoms with Crippen LogP contribution in [0.3, 0.4) is 0 Å². The van der Waals surface area contributed by atoms with Gasteiger partial charge in [-0.1, -0.05) is 0 Å². The number of rotatable bonds is 4. The number of aliphatic carboxylic acids is 1. The third kappa shape index (κ3) is 2.59. The first-order valence-electron chi connectivity index (χ1n) is 5.85. The lowest BCUT2D eigenvalue weighted by molar-refractivity contribution is -0.385. The van der Waals surface area contributed by atoms with Crippen molar-refractivity contribution in [2.45, 2.75) is 12.8 Å². The zero-order valence-corrected chi connectivity index (χ0v) is 10.5. The summed E-state index contributed by atoms with van der Waals surface area (Å²) in [5, 5.41) is 19.8. The molecule has 1 aromatic rings. The Hall–Kier alpha value is -2.31. The van der Waals surface area contributed by atoms with Crippen LogP contribution in [-0.4, -0.2) is 36.2 Å². The Balaban J connectivity index is 2.46. The van der Waals surface area contributed by atoms with Crippen molar-refractivity contribution in [2.75, 3.05) is 25.1 Å². The SMILES string of the molecule is COc1cc2c(cc1[N+](=O)[O-])CCCN2CC(=O)O. The predicted octanol–water partition coefficient (Wildman–Crippen LogP) is 1.44. The Bertz CT molecular complexity index is 529. The molecule has 1 aromatic carbocycles. The highest BCUT2D eigenvalue weighted by atomic mass is 16.6. The Kier molecular flexibility index (Phi) is 3.55. The number of benzene rings is 1. The van der Waals surface area contributed by atoms with Gasteiger partial charge in [-0.25, -0.2) is 0 Å². The van der Waals surface area contributed by atoms with Gasteiger partial charge < -0.3 is 14.7 Å². The summed E-state index contributed by atoms with van der Waals surface area (Å²) in [6.45, 7) is 0.508. The minimum atomic E-state index is -0.926. The molecule has 1 N–H and O–H groups in total. The quantitative estimate of drug-likeness (QED) is 0.654. The summed E-state index contributed by atoms with van der Waals surface area (Å²) < 4.78 is 5.01. The molecule has 1 heterocycles. The fourth-order valence-corrected chi connectivity index (χ4v) is 2.31. The van der Waals surface area contributed by atoms with Gasteiger partial charge in [0.25, 0.3) is 0 Å². The van der Waals surface area contributed by atoms with Gasteiger partial charge in [0, 0.05) is 24.4 Å². The van der Waals surface area contributed by atoms with E-state index in [1.165, 1.54) is 13.2 Å². The molecule has 0 atom stereocenters. The zero-order valence-electron chi connectivity index (χ0n) is 10.5. The van der Waals surface area contributed by atoms with Crippen LogP contribution in [0.1, 0.15) is 12.0 Å². The van der Waals surface area contributed by atoms with Crippen LogP contribution in [0.5, 0.6) is 5.75 Å². The number of nitro benzene ring substituents is 1. The Morgan fingerprint density at radius 2 is 2.32 bits per heavy atom. The van der Waals surface area contributed by atoms with Crippen molar-refractivity contribution in [1.29, 1.82) is 0 Å². The lowest BCUT2D eigenvalue weighted by Gasteiger charge is -2.30. The average Bonchev–Trinajstić information content (AvgIpc) is 2.37. The van der Waals surface area contributed by atoms with Crippen molar-refractivity contribution in [1.82, 2.24) is 0 Å². The van der Waals surface area contributed by atoms with Crippen LogP contribution < -0.4 is 9.64 Å². The molecule has 1 aliphatic rings. The molecule has 2 rings (SSSR count). The van der Waals surface area contributed by atoms with E-state index >= 15 is 0 Å². The van der Waals surface area contributed by atoms with Crippen molar-refractivity contribution in [3.05, 3.63) is 27.8 Å². The van der Waals surface area contributed by atoms with Gasteiger partial charge in [-0.15, -0.1) is 0 Å². The number of nitrogens with zero attached hydrogens (tertiary/aromatic N) is 2. The maximum absolute atomic E-state index is 10.9. The molecule has 0 aromatic heterocycles. The zero-order chi connectivity index (χ0) is 14.0. The largest absolute Gasteiger partial charge is 0.490 e. The van der Waals surface area contributed by atoms with E-state index in [0.29, 0.717) is 18.7 Å². The molecule has 7 nitrogen and oxygen atoms in total. The number of carboxylic acid groups (broad SMARTS) is 1. The number of hydrogen-bond acceptors (Lipinski definition) is 5. The minimum absolute atomic E-state index is 0.0848. The highest BCUT2D eigenvalue weighted by molar-refractivity contribution is 5.76. The summed E-state index contributed by atoms with van der Waals surface area (Å²) in [5.74, 6) is -0.772. The van der Waals surface area contributed by atoms with Crippen LogP contribution in [0.25, 0.3) is 0 Å². The van der Waals surface area contributed by atoms with Gasteiger partial charge in [0.05, 0.1) is 12.0 Å². The van der Waals surface area contributed by atoms with Crippen LogP contribution >= 0.6 is 0 Å². The summed E-state index contributed by atoms with van der Waals surface area (Å²) in [6, 6.07) is 3.03. The molecule has 0 fully saturated rings. The van der Waals surface area contributed by atoms with Crippen LogP contribution in [0.4, 0.5) is 11.4 Å². The molecule has 102 valence electrons. The fourth-order valence-electron chi connectivity index (χ4n) is 2.31. The topological polar surface area (TPSA) is 92.9 Å². The van der Waals surface area contributed by atoms with Gasteiger partial charge in [0.15, 0.2) is 5.75 Å². The standard InChI is InChI=1S/C12H14N2O5/c1-19-11-6-9-8(5-10(11)14(17)18)3-2-4-13(9)7-12(15)16/h5-6H,2-4,7H2,1H3,(H,15,16). The monoisotopic (exact) mass is 266 g/mol. The Morgan fingerprint density at radius 1 is 1.58 bits per heavy atom. The van der Waals surface area contributed by atoms with Crippen LogP contribution in [-0.2, 0) is 11.2 Å². The molecule has 7 heteroatoms. The molecule has 19 heavy (non-hydrogen) atoms. The smallest absolute Gasteiger partial charge is 0.323 e. The summed E-state index contributed by atoms with van der Waals surface area (Å²) in [4.78, 5) is 23.0. The molecule has 0 saturated heterocycles. The van der Waals surface area contributed by atoms with E-state index in [-0.39, 0.29) is 18.0 Å². The summed E-state index contributed by atoms with van der Waals surface area (Å²) in [6.07, 6.45) is 1.49. The van der Waals surface area contributed by atoms with E-state index in [1.54, 1.807) is 11.0 Å². The van der Waals surface area contributed by atoms with Crippen molar-refractivity contribution >= 4 is 17.3 Å². The lowest BCUT2D eigenvalue weighted by atomic mass is 10.0. The van der Waals surface area contributed by atoms with Crippen molar-refractivity contribution in [3.8, 4) is 5.75 Å². The van der Waals surface area contributed by atoms with Gasteiger partial charge in [-0.05, 0) is 18.4 Å². The minimum Gasteiger partial charge on any atom is -0.490 e. The van der Waals surface area contributed by atoms with E-state index in [9.17, 15) is 14.9 Å². The maximum atomic E-state index is 10.9. The van der Waals surface area contributed by atoms with Crippen LogP contribution in [0, 0.1) is 10.1 Å². The molecule has 1 aliphatic heterocycles. The second kappa shape index (κ2) is 5.13. The summed E-state index contributed by atoms with van der Waals surface area (Å²) in [7, 11) is 1.36. The number of fused-ring (bicyclic) bond motifs is 1. The highest BCUT2D eigenvalue weighted by Crippen LogP contribution is 2.37. The van der Waals surface area contributed by atoms with Crippen molar-refractivity contribution in [2.24, 2.45) is 0 Å². The molecule has 0 aliphatic carbocycles. The first-order chi connectivity index (χ1) is 9.02. The molecule has 0 amide bonds. The summed E-state index contributed by atoms with van der Waals surface area (Å²) in [5.41, 5.74) is 1.41. The molecule has 0 spiro atoms. The second-order valence-corrected chi connectivity index (χ2v) is 4.33. The lowest BCUT2D eigenvalue weighted by Crippen LogP contribution is -2.34. The second-order valence-electron chi connectivity index (χ2n) is 4.33. The molecule has 0 radical (unpaired) electrons. The van der Waals surface area contributed by atoms with E-state index in [2.05, 4.69) is 0 Å². The number of nitro groups is 1. The molecule has 0 unspecified atom stereocenters. The Labute approximate surface area is 109 Å². The van der Waals surface area contributed by atoms with E-state index < -0.39 is 10.9 Å². The molecular weight excluding hydrogens is 252 g/mol. The number of carbonyl (C=O) groups is 1. The first kappa shape index (κ1) is 13.1. The maximum Gasteiger partial charge on any atom is 0.323 e. The van der Waals surface area contributed by atoms with Crippen LogP contribution in [0.15, 0.2) is 12.1 Å². The normalized spacial score (nSPS) is 13.8. The number of ether oxygens (including phenoxy) is 1. The highest BCUT2D eigenvalue weighted by Gasteiger charge is 2.25. The predicted molar refractivity (Wildman–Crippen MR) is 67.8 cm³/mol. The van der Waals surface area contributed by atoms with Gasteiger partial charge in [-0.2, -0.15) is 0 Å². The number of methoxy groups -OCH3 is 1. The molecule has 0 saturated carbocycles. The average molecular weight is 266 g/mol. The number of carboxylic acids is 1. The van der Waals surface area contributed by atoms with E-state index in [1.807, 2.05) is 0 Å². The third-order valence-corrected chi connectivity index (χ3v) is 3.12. The summed E-state index contributed by atoms with van der Waals surface area (Å²) >= 11 is 0. The number of anilines is 1. The van der Waals surface area contributed by atoms with Crippen LogP contribution in [0.2, 0.25) is 0 Å².